The maximum absolute atomic E-state index is 11.6. The van der Waals surface area contributed by atoms with Crippen LogP contribution in [0.5, 0.6) is 0 Å². The lowest BCUT2D eigenvalue weighted by Crippen LogP contribution is -2.55. The monoisotopic (exact) mass is 152 g/mol. The summed E-state index contributed by atoms with van der Waals surface area (Å²) in [6.45, 7) is 6.57. The molecule has 2 bridgehead atoms. The Balaban J connectivity index is 2.23. The number of rotatable bonds is 0. The van der Waals surface area contributed by atoms with Gasteiger partial charge in [0.25, 0.3) is 0 Å². The van der Waals surface area contributed by atoms with E-state index in [0.29, 0.717) is 23.0 Å². The number of hydrogen-bond acceptors (Lipinski definition) is 1. The van der Waals surface area contributed by atoms with Gasteiger partial charge >= 0.3 is 0 Å². The Hall–Kier alpha value is -0.330. The van der Waals surface area contributed by atoms with E-state index in [1.54, 1.807) is 0 Å². The predicted molar refractivity (Wildman–Crippen MR) is 44.2 cm³/mol. The highest BCUT2D eigenvalue weighted by Gasteiger charge is 2.56. The van der Waals surface area contributed by atoms with Crippen molar-refractivity contribution in [2.24, 2.45) is 23.2 Å². The van der Waals surface area contributed by atoms with Gasteiger partial charge in [0.2, 0.25) is 0 Å². The van der Waals surface area contributed by atoms with Gasteiger partial charge in [0, 0.05) is 11.8 Å². The van der Waals surface area contributed by atoms with Gasteiger partial charge in [0.15, 0.2) is 0 Å². The van der Waals surface area contributed by atoms with Gasteiger partial charge in [-0.25, -0.2) is 0 Å². The Bertz CT molecular complexity index is 205. The third-order valence-corrected chi connectivity index (χ3v) is 3.94. The van der Waals surface area contributed by atoms with E-state index in [1.165, 1.54) is 6.42 Å². The molecule has 3 unspecified atom stereocenters. The van der Waals surface area contributed by atoms with Gasteiger partial charge in [-0.3, -0.25) is 4.79 Å². The fourth-order valence-electron chi connectivity index (χ4n) is 2.79. The summed E-state index contributed by atoms with van der Waals surface area (Å²) >= 11 is 0. The molecular formula is C10H16O. The molecule has 0 aromatic carbocycles. The molecule has 0 N–H and O–H groups in total. The molecule has 1 heteroatoms. The van der Waals surface area contributed by atoms with Gasteiger partial charge < -0.3 is 0 Å². The SMILES string of the molecule is CC1CC2CC(C1=O)C2(C)C. The summed E-state index contributed by atoms with van der Waals surface area (Å²) in [4.78, 5) is 11.6. The highest BCUT2D eigenvalue weighted by molar-refractivity contribution is 5.86. The first-order chi connectivity index (χ1) is 5.03. The zero-order chi connectivity index (χ0) is 8.22. The average molecular weight is 152 g/mol. The third kappa shape index (κ3) is 0.743. The summed E-state index contributed by atoms with van der Waals surface area (Å²) in [5.74, 6) is 2.11. The van der Waals surface area contributed by atoms with Crippen molar-refractivity contribution in [1.82, 2.24) is 0 Å². The van der Waals surface area contributed by atoms with Crippen molar-refractivity contribution in [2.75, 3.05) is 0 Å². The number of carbonyl (C=O) groups is 1. The smallest absolute Gasteiger partial charge is 0.139 e. The molecule has 3 atom stereocenters. The topological polar surface area (TPSA) is 17.1 Å². The van der Waals surface area contributed by atoms with Gasteiger partial charge in [-0.05, 0) is 24.2 Å². The van der Waals surface area contributed by atoms with E-state index in [9.17, 15) is 4.79 Å². The second-order valence-electron chi connectivity index (χ2n) is 4.85. The number of carbonyl (C=O) groups excluding carboxylic acids is 1. The average Bonchev–Trinajstić information content (AvgIpc) is 1.93. The lowest BCUT2D eigenvalue weighted by molar-refractivity contribution is -0.155. The molecule has 0 amide bonds. The van der Waals surface area contributed by atoms with E-state index in [-0.39, 0.29) is 0 Å². The van der Waals surface area contributed by atoms with Crippen LogP contribution in [0.15, 0.2) is 0 Å². The maximum atomic E-state index is 11.6. The summed E-state index contributed by atoms with van der Waals surface area (Å²) in [5.41, 5.74) is 0.337. The van der Waals surface area contributed by atoms with Gasteiger partial charge in [-0.1, -0.05) is 20.8 Å². The van der Waals surface area contributed by atoms with Crippen LogP contribution >= 0.6 is 0 Å². The molecule has 0 radical (unpaired) electrons. The Morgan fingerprint density at radius 1 is 1.36 bits per heavy atom. The Morgan fingerprint density at radius 3 is 2.36 bits per heavy atom. The van der Waals surface area contributed by atoms with Crippen LogP contribution in [-0.4, -0.2) is 5.78 Å². The van der Waals surface area contributed by atoms with Crippen molar-refractivity contribution in [3.8, 4) is 0 Å². The largest absolute Gasteiger partial charge is 0.299 e. The fourth-order valence-corrected chi connectivity index (χ4v) is 2.79. The van der Waals surface area contributed by atoms with Crippen LogP contribution < -0.4 is 0 Å². The molecule has 3 rings (SSSR count). The quantitative estimate of drug-likeness (QED) is 0.520. The normalized spacial score (nSPS) is 46.8. The lowest BCUT2D eigenvalue weighted by Gasteiger charge is -2.57. The highest BCUT2D eigenvalue weighted by Crippen LogP contribution is 2.58. The summed E-state index contributed by atoms with van der Waals surface area (Å²) in [7, 11) is 0. The molecule has 62 valence electrons. The van der Waals surface area contributed by atoms with Crippen LogP contribution in [0.3, 0.4) is 0 Å². The van der Waals surface area contributed by atoms with E-state index in [0.717, 1.165) is 12.3 Å². The van der Waals surface area contributed by atoms with Crippen molar-refractivity contribution in [2.45, 2.75) is 33.6 Å². The van der Waals surface area contributed by atoms with Crippen molar-refractivity contribution in [3.05, 3.63) is 0 Å². The molecule has 3 fully saturated rings. The van der Waals surface area contributed by atoms with Crippen LogP contribution in [0.25, 0.3) is 0 Å². The molecule has 0 aromatic heterocycles. The second kappa shape index (κ2) is 1.88. The molecule has 11 heavy (non-hydrogen) atoms. The summed E-state index contributed by atoms with van der Waals surface area (Å²) < 4.78 is 0. The first-order valence-electron chi connectivity index (χ1n) is 4.57. The van der Waals surface area contributed by atoms with Gasteiger partial charge in [0.05, 0.1) is 0 Å². The van der Waals surface area contributed by atoms with E-state index in [1.807, 2.05) is 0 Å². The molecule has 0 aliphatic heterocycles. The zero-order valence-corrected chi connectivity index (χ0v) is 7.55. The molecular weight excluding hydrogens is 136 g/mol. The van der Waals surface area contributed by atoms with Crippen LogP contribution in [0, 0.1) is 23.2 Å². The predicted octanol–water partition coefficient (Wildman–Crippen LogP) is 2.26. The van der Waals surface area contributed by atoms with E-state index >= 15 is 0 Å². The Kier molecular flexibility index (Phi) is 1.25. The van der Waals surface area contributed by atoms with Crippen molar-refractivity contribution >= 4 is 5.78 Å². The Morgan fingerprint density at radius 2 is 2.00 bits per heavy atom. The highest BCUT2D eigenvalue weighted by atomic mass is 16.1. The summed E-state index contributed by atoms with van der Waals surface area (Å²) in [6, 6.07) is 0. The van der Waals surface area contributed by atoms with Gasteiger partial charge in [0.1, 0.15) is 5.78 Å². The first-order valence-corrected chi connectivity index (χ1v) is 4.57. The van der Waals surface area contributed by atoms with E-state index in [2.05, 4.69) is 20.8 Å². The van der Waals surface area contributed by atoms with Crippen LogP contribution in [-0.2, 0) is 4.79 Å². The molecule has 0 saturated heterocycles. The number of Topliss-reactive ketones (excluding diaryl/α,β-unsaturated/α-hetero) is 1. The second-order valence-corrected chi connectivity index (χ2v) is 4.85. The molecule has 3 saturated carbocycles. The van der Waals surface area contributed by atoms with Crippen LogP contribution in [0.2, 0.25) is 0 Å². The summed E-state index contributed by atoms with van der Waals surface area (Å²) in [6.07, 6.45) is 2.32. The first kappa shape index (κ1) is 7.33. The maximum Gasteiger partial charge on any atom is 0.139 e. The molecule has 0 heterocycles. The molecule has 3 aliphatic rings. The fraction of sp³-hybridized carbons (Fsp3) is 0.900. The minimum Gasteiger partial charge on any atom is -0.299 e. The molecule has 0 spiro atoms. The third-order valence-electron chi connectivity index (χ3n) is 3.94. The van der Waals surface area contributed by atoms with Crippen molar-refractivity contribution < 1.29 is 4.79 Å². The van der Waals surface area contributed by atoms with Crippen molar-refractivity contribution in [1.29, 1.82) is 0 Å². The minimum atomic E-state index is 0.337. The van der Waals surface area contributed by atoms with E-state index in [4.69, 9.17) is 0 Å². The van der Waals surface area contributed by atoms with Crippen LogP contribution in [0.1, 0.15) is 33.6 Å². The zero-order valence-electron chi connectivity index (χ0n) is 7.55. The molecule has 1 nitrogen and oxygen atoms in total. The van der Waals surface area contributed by atoms with E-state index < -0.39 is 0 Å². The number of hydrogen-bond donors (Lipinski definition) is 0. The van der Waals surface area contributed by atoms with Gasteiger partial charge in [-0.15, -0.1) is 0 Å². The van der Waals surface area contributed by atoms with Crippen molar-refractivity contribution in [3.63, 3.8) is 0 Å². The van der Waals surface area contributed by atoms with Gasteiger partial charge in [-0.2, -0.15) is 0 Å². The van der Waals surface area contributed by atoms with Crippen LogP contribution in [0.4, 0.5) is 0 Å². The number of fused-ring (bicyclic) bond motifs is 2. The molecule has 0 aromatic rings. The summed E-state index contributed by atoms with van der Waals surface area (Å²) in [5, 5.41) is 0. The number of ketones is 1. The Labute approximate surface area is 68.2 Å². The lowest BCUT2D eigenvalue weighted by atomic mass is 9.46. The molecule has 3 aliphatic carbocycles. The standard InChI is InChI=1S/C10H16O/c1-6-4-7-5-8(9(6)11)10(7,2)3/h6-8H,4-5H2,1-3H3. The minimum absolute atomic E-state index is 0.337.